The number of rotatable bonds is 6. The maximum absolute atomic E-state index is 13.6. The summed E-state index contributed by atoms with van der Waals surface area (Å²) in [6.45, 7) is 7.40. The minimum atomic E-state index is -0.795. The average Bonchev–Trinajstić information content (AvgIpc) is 3.76. The third-order valence-corrected chi connectivity index (χ3v) is 8.27. The Labute approximate surface area is 215 Å². The summed E-state index contributed by atoms with van der Waals surface area (Å²) in [7, 11) is 0. The molecule has 6 rings (SSSR count). The van der Waals surface area contributed by atoms with Crippen LogP contribution in [0.3, 0.4) is 0 Å². The molecule has 0 unspecified atom stereocenters. The molecule has 3 fully saturated rings. The van der Waals surface area contributed by atoms with Crippen molar-refractivity contribution in [2.24, 2.45) is 0 Å². The van der Waals surface area contributed by atoms with Crippen LogP contribution in [0.25, 0.3) is 11.0 Å². The highest BCUT2D eigenvalue weighted by Gasteiger charge is 2.36. The van der Waals surface area contributed by atoms with E-state index < -0.39 is 11.6 Å². The number of hydrogen-bond acceptors (Lipinski definition) is 6. The van der Waals surface area contributed by atoms with Gasteiger partial charge in [0, 0.05) is 50.5 Å². The van der Waals surface area contributed by atoms with Crippen molar-refractivity contribution in [3.63, 3.8) is 0 Å². The van der Waals surface area contributed by atoms with E-state index in [1.807, 2.05) is 10.6 Å². The van der Waals surface area contributed by atoms with Gasteiger partial charge in [0.25, 0.3) is 5.56 Å². The molecule has 7 nitrogen and oxygen atoms in total. The van der Waals surface area contributed by atoms with Gasteiger partial charge in [0.15, 0.2) is 17.3 Å². The largest absolute Gasteiger partial charge is 0.339 e. The molecule has 4 heterocycles. The molecule has 0 amide bonds. The number of pyridine rings is 1. The van der Waals surface area contributed by atoms with E-state index in [0.29, 0.717) is 29.7 Å². The molecule has 0 spiro atoms. The third kappa shape index (κ3) is 4.86. The molecule has 3 aliphatic rings. The second-order valence-corrected chi connectivity index (χ2v) is 10.7. The van der Waals surface area contributed by atoms with E-state index in [2.05, 4.69) is 26.6 Å². The van der Waals surface area contributed by atoms with Crippen LogP contribution >= 0.6 is 0 Å². The van der Waals surface area contributed by atoms with Crippen LogP contribution in [0, 0.1) is 11.6 Å². The minimum absolute atomic E-state index is 0.0273. The Balaban J connectivity index is 1.14. The fourth-order valence-corrected chi connectivity index (χ4v) is 6.11. The third-order valence-electron chi connectivity index (χ3n) is 8.27. The van der Waals surface area contributed by atoms with Gasteiger partial charge in [-0.15, -0.1) is 0 Å². The second-order valence-electron chi connectivity index (χ2n) is 10.7. The SMILES string of the molecule is CC[C@H]1CN(c2nc3ncccc3c(=O)n2C2CC2)CCN1C1CCN(Cc2ccc(F)c(F)c2)CC1. The number of benzene rings is 1. The molecule has 37 heavy (non-hydrogen) atoms. The Hall–Kier alpha value is -2.91. The quantitative estimate of drug-likeness (QED) is 0.502. The van der Waals surface area contributed by atoms with Crippen LogP contribution in [0.4, 0.5) is 14.7 Å². The fourth-order valence-electron chi connectivity index (χ4n) is 6.11. The van der Waals surface area contributed by atoms with Crippen molar-refractivity contribution in [2.45, 2.75) is 63.7 Å². The van der Waals surface area contributed by atoms with E-state index in [1.54, 1.807) is 18.3 Å². The molecule has 9 heteroatoms. The minimum Gasteiger partial charge on any atom is -0.339 e. The lowest BCUT2D eigenvalue weighted by atomic mass is 9.98. The smallest absolute Gasteiger partial charge is 0.264 e. The molecule has 2 aliphatic heterocycles. The zero-order chi connectivity index (χ0) is 25.5. The van der Waals surface area contributed by atoms with E-state index in [-0.39, 0.29) is 11.6 Å². The second kappa shape index (κ2) is 10.1. The summed E-state index contributed by atoms with van der Waals surface area (Å²) in [5, 5.41) is 0.596. The summed E-state index contributed by atoms with van der Waals surface area (Å²) in [5.74, 6) is -0.797. The maximum atomic E-state index is 13.6. The van der Waals surface area contributed by atoms with Crippen LogP contribution in [0.15, 0.2) is 41.3 Å². The number of anilines is 1. The lowest BCUT2D eigenvalue weighted by molar-refractivity contribution is 0.0606. The lowest BCUT2D eigenvalue weighted by Gasteiger charge is -2.47. The van der Waals surface area contributed by atoms with E-state index >= 15 is 0 Å². The highest BCUT2D eigenvalue weighted by molar-refractivity contribution is 5.74. The molecule has 1 aromatic carbocycles. The van der Waals surface area contributed by atoms with Gasteiger partial charge >= 0.3 is 0 Å². The van der Waals surface area contributed by atoms with Crippen molar-refractivity contribution in [3.8, 4) is 0 Å². The van der Waals surface area contributed by atoms with Crippen molar-refractivity contribution in [3.05, 3.63) is 64.1 Å². The van der Waals surface area contributed by atoms with Gasteiger partial charge in [-0.3, -0.25) is 19.2 Å². The van der Waals surface area contributed by atoms with E-state index in [9.17, 15) is 13.6 Å². The van der Waals surface area contributed by atoms with Gasteiger partial charge in [0.05, 0.1) is 5.39 Å². The first-order chi connectivity index (χ1) is 18.0. The van der Waals surface area contributed by atoms with Crippen molar-refractivity contribution in [2.75, 3.05) is 37.6 Å². The molecule has 2 aromatic heterocycles. The van der Waals surface area contributed by atoms with Crippen LogP contribution in [0.1, 0.15) is 50.6 Å². The number of piperidine rings is 1. The predicted octanol–water partition coefficient (Wildman–Crippen LogP) is 3.97. The van der Waals surface area contributed by atoms with Crippen LogP contribution in [0.2, 0.25) is 0 Å². The normalized spacial score (nSPS) is 22.1. The standard InChI is InChI=1S/C28H34F2N6O/c1-2-20-18-34(28-32-26-23(4-3-11-31-26)27(37)36(28)22-6-7-22)14-15-35(20)21-9-12-33(13-10-21)17-19-5-8-24(29)25(30)16-19/h3-5,8,11,16,20-22H,2,6-7,9-10,12-15,17-18H2,1H3/t20-/m0/s1. The predicted molar refractivity (Wildman–Crippen MR) is 140 cm³/mol. The van der Waals surface area contributed by atoms with Crippen molar-refractivity contribution in [1.82, 2.24) is 24.3 Å². The maximum Gasteiger partial charge on any atom is 0.264 e. The molecule has 1 aliphatic carbocycles. The average molecular weight is 509 g/mol. The first-order valence-corrected chi connectivity index (χ1v) is 13.6. The van der Waals surface area contributed by atoms with Crippen LogP contribution in [0.5, 0.6) is 0 Å². The Kier molecular flexibility index (Phi) is 6.67. The van der Waals surface area contributed by atoms with Gasteiger partial charge in [-0.05, 0) is 75.0 Å². The Morgan fingerprint density at radius 1 is 0.973 bits per heavy atom. The number of halogens is 2. The molecular weight excluding hydrogens is 474 g/mol. The van der Waals surface area contributed by atoms with Crippen molar-refractivity contribution in [1.29, 1.82) is 0 Å². The molecule has 0 N–H and O–H groups in total. The summed E-state index contributed by atoms with van der Waals surface area (Å²) < 4.78 is 28.8. The zero-order valence-electron chi connectivity index (χ0n) is 21.3. The Morgan fingerprint density at radius 2 is 1.78 bits per heavy atom. The van der Waals surface area contributed by atoms with Crippen molar-refractivity contribution < 1.29 is 8.78 Å². The highest BCUT2D eigenvalue weighted by atomic mass is 19.2. The van der Waals surface area contributed by atoms with Gasteiger partial charge in [0.1, 0.15) is 0 Å². The van der Waals surface area contributed by atoms with Crippen LogP contribution in [-0.2, 0) is 6.54 Å². The number of likely N-dealkylation sites (tertiary alicyclic amines) is 1. The number of fused-ring (bicyclic) bond motifs is 1. The number of piperazine rings is 1. The van der Waals surface area contributed by atoms with E-state index in [0.717, 1.165) is 76.3 Å². The van der Waals surface area contributed by atoms with Gasteiger partial charge in [-0.1, -0.05) is 13.0 Å². The molecule has 1 saturated carbocycles. The molecule has 3 aromatic rings. The highest BCUT2D eigenvalue weighted by Crippen LogP contribution is 2.37. The van der Waals surface area contributed by atoms with Gasteiger partial charge in [-0.25, -0.2) is 13.8 Å². The van der Waals surface area contributed by atoms with Gasteiger partial charge < -0.3 is 4.90 Å². The van der Waals surface area contributed by atoms with E-state index in [4.69, 9.17) is 4.98 Å². The summed E-state index contributed by atoms with van der Waals surface area (Å²) in [5.41, 5.74) is 1.37. The van der Waals surface area contributed by atoms with Crippen molar-refractivity contribution >= 4 is 17.0 Å². The van der Waals surface area contributed by atoms with Gasteiger partial charge in [-0.2, -0.15) is 4.98 Å². The van der Waals surface area contributed by atoms with E-state index in [1.165, 1.54) is 12.1 Å². The Bertz CT molecular complexity index is 1330. The number of nitrogens with zero attached hydrogens (tertiary/aromatic N) is 6. The van der Waals surface area contributed by atoms with Crippen LogP contribution < -0.4 is 10.5 Å². The lowest BCUT2D eigenvalue weighted by Crippen LogP contribution is -2.59. The fraction of sp³-hybridized carbons (Fsp3) is 0.536. The Morgan fingerprint density at radius 3 is 2.51 bits per heavy atom. The zero-order valence-corrected chi connectivity index (χ0v) is 21.3. The molecule has 2 saturated heterocycles. The number of aromatic nitrogens is 3. The summed E-state index contributed by atoms with van der Waals surface area (Å²) in [6, 6.07) is 8.97. The van der Waals surface area contributed by atoms with Crippen LogP contribution in [-0.4, -0.2) is 69.1 Å². The molecule has 0 radical (unpaired) electrons. The number of hydrogen-bond donors (Lipinski definition) is 0. The first-order valence-electron chi connectivity index (χ1n) is 13.6. The summed E-state index contributed by atoms with van der Waals surface area (Å²) >= 11 is 0. The molecule has 196 valence electrons. The molecule has 1 atom stereocenters. The monoisotopic (exact) mass is 508 g/mol. The first kappa shape index (κ1) is 24.4. The molecular formula is C28H34F2N6O. The summed E-state index contributed by atoms with van der Waals surface area (Å²) in [6.07, 6.45) is 6.91. The summed E-state index contributed by atoms with van der Waals surface area (Å²) in [4.78, 5) is 29.9. The molecule has 0 bridgehead atoms. The van der Waals surface area contributed by atoms with Gasteiger partial charge in [0.2, 0.25) is 5.95 Å². The topological polar surface area (TPSA) is 57.5 Å².